The Morgan fingerprint density at radius 1 is 1.33 bits per heavy atom. The summed E-state index contributed by atoms with van der Waals surface area (Å²) in [5.41, 5.74) is 5.00. The second-order valence-corrected chi connectivity index (χ2v) is 5.18. The maximum atomic E-state index is 12.5. The van der Waals surface area contributed by atoms with Gasteiger partial charge in [-0.1, -0.05) is 31.5 Å². The Morgan fingerprint density at radius 3 is 2.33 bits per heavy atom. The molecule has 0 heterocycles. The van der Waals surface area contributed by atoms with E-state index in [0.29, 0.717) is 12.8 Å². The maximum absolute atomic E-state index is 12.5. The zero-order valence-corrected chi connectivity index (χ0v) is 11.7. The molecule has 0 bridgehead atoms. The molecule has 0 aromatic rings. The van der Waals surface area contributed by atoms with Crippen molar-refractivity contribution in [1.82, 2.24) is 4.90 Å². The Kier molecular flexibility index (Phi) is 5.07. The van der Waals surface area contributed by atoms with Gasteiger partial charge in [0.15, 0.2) is 0 Å². The number of hydrogen-bond acceptors (Lipinski definition) is 4. The van der Waals surface area contributed by atoms with Gasteiger partial charge in [-0.2, -0.15) is 0 Å². The minimum Gasteiger partial charge on any atom is -0.468 e. The zero-order valence-electron chi connectivity index (χ0n) is 10.9. The third-order valence-electron chi connectivity index (χ3n) is 3.53. The number of hydrogen-bond donors (Lipinski definition) is 1. The Labute approximate surface area is 113 Å². The number of carbonyl (C=O) groups excluding carboxylic acids is 2. The molecule has 5 nitrogen and oxygen atoms in total. The van der Waals surface area contributed by atoms with E-state index in [1.54, 1.807) is 7.05 Å². The molecule has 1 rings (SSSR count). The molecular weight excluding hydrogens is 252 g/mol. The predicted octanol–water partition coefficient (Wildman–Crippen LogP) is 0.854. The van der Waals surface area contributed by atoms with E-state index in [-0.39, 0.29) is 17.4 Å². The van der Waals surface area contributed by atoms with Gasteiger partial charge >= 0.3 is 5.97 Å². The fraction of sp³-hybridized carbons (Fsp3) is 0.750. The summed E-state index contributed by atoms with van der Waals surface area (Å²) in [5.74, 6) is -0.611. The average Bonchev–Trinajstić information content (AvgIpc) is 2.38. The lowest BCUT2D eigenvalue weighted by Crippen LogP contribution is -2.51. The molecule has 0 saturated heterocycles. The molecule has 0 unspecified atom stereocenters. The van der Waals surface area contributed by atoms with Crippen LogP contribution in [0.3, 0.4) is 0 Å². The van der Waals surface area contributed by atoms with E-state index in [4.69, 9.17) is 18.0 Å². The van der Waals surface area contributed by atoms with Crippen molar-refractivity contribution in [2.24, 2.45) is 11.1 Å². The number of ether oxygens (including phenoxy) is 1. The summed E-state index contributed by atoms with van der Waals surface area (Å²) in [6.07, 6.45) is 4.32. The van der Waals surface area contributed by atoms with Gasteiger partial charge in [0.2, 0.25) is 5.91 Å². The average molecular weight is 272 g/mol. The number of esters is 1. The smallest absolute Gasteiger partial charge is 0.325 e. The van der Waals surface area contributed by atoms with Crippen molar-refractivity contribution in [3.05, 3.63) is 0 Å². The number of rotatable bonds is 4. The van der Waals surface area contributed by atoms with E-state index < -0.39 is 11.4 Å². The molecule has 0 aliphatic heterocycles. The molecule has 1 saturated carbocycles. The van der Waals surface area contributed by atoms with Crippen molar-refractivity contribution in [1.29, 1.82) is 0 Å². The molecule has 0 aromatic heterocycles. The van der Waals surface area contributed by atoms with E-state index in [2.05, 4.69) is 4.74 Å². The molecule has 1 amide bonds. The quantitative estimate of drug-likeness (QED) is 0.607. The Hall–Kier alpha value is -1.17. The summed E-state index contributed by atoms with van der Waals surface area (Å²) in [7, 11) is 2.87. The van der Waals surface area contributed by atoms with Crippen LogP contribution in [0.4, 0.5) is 0 Å². The van der Waals surface area contributed by atoms with Crippen molar-refractivity contribution in [3.63, 3.8) is 0 Å². The number of carbonyl (C=O) groups is 2. The van der Waals surface area contributed by atoms with E-state index in [1.165, 1.54) is 12.0 Å². The molecule has 0 radical (unpaired) electrons. The van der Waals surface area contributed by atoms with Crippen LogP contribution >= 0.6 is 12.2 Å². The number of thiocarbonyl (C=S) groups is 1. The fourth-order valence-electron chi connectivity index (χ4n) is 2.42. The molecule has 6 heteroatoms. The number of amides is 1. The van der Waals surface area contributed by atoms with Crippen LogP contribution in [0.5, 0.6) is 0 Å². The molecule has 0 atom stereocenters. The van der Waals surface area contributed by atoms with Crippen LogP contribution in [-0.4, -0.2) is 42.5 Å². The normalized spacial score (nSPS) is 17.9. The van der Waals surface area contributed by atoms with Crippen molar-refractivity contribution in [2.75, 3.05) is 20.7 Å². The van der Waals surface area contributed by atoms with Gasteiger partial charge in [0, 0.05) is 7.05 Å². The highest BCUT2D eigenvalue weighted by Crippen LogP contribution is 2.38. The number of methoxy groups -OCH3 is 1. The highest BCUT2D eigenvalue weighted by Gasteiger charge is 2.44. The van der Waals surface area contributed by atoms with Crippen molar-refractivity contribution < 1.29 is 14.3 Å². The third kappa shape index (κ3) is 2.98. The summed E-state index contributed by atoms with van der Waals surface area (Å²) in [6, 6.07) is 0. The van der Waals surface area contributed by atoms with Crippen LogP contribution in [0.25, 0.3) is 0 Å². The van der Waals surface area contributed by atoms with Gasteiger partial charge in [-0.05, 0) is 12.8 Å². The van der Waals surface area contributed by atoms with Gasteiger partial charge in [0.05, 0.1) is 17.5 Å². The standard InChI is InChI=1S/C12H20N2O3S/c1-14(8-9(15)17-2)11(16)12(10(13)18)6-4-3-5-7-12/h3-8H2,1-2H3,(H2,13,18). The molecule has 1 fully saturated rings. The van der Waals surface area contributed by atoms with Gasteiger partial charge in [-0.3, -0.25) is 9.59 Å². The largest absolute Gasteiger partial charge is 0.468 e. The van der Waals surface area contributed by atoms with Gasteiger partial charge in [0.25, 0.3) is 0 Å². The summed E-state index contributed by atoms with van der Waals surface area (Å²) in [6.45, 7) is -0.0697. The highest BCUT2D eigenvalue weighted by atomic mass is 32.1. The summed E-state index contributed by atoms with van der Waals surface area (Å²) in [5, 5.41) is 0. The molecule has 18 heavy (non-hydrogen) atoms. The first kappa shape index (κ1) is 14.9. The molecular formula is C12H20N2O3S. The lowest BCUT2D eigenvalue weighted by molar-refractivity contribution is -0.149. The molecule has 102 valence electrons. The molecule has 1 aliphatic carbocycles. The fourth-order valence-corrected chi connectivity index (χ4v) is 2.71. The summed E-state index contributed by atoms with van der Waals surface area (Å²) >= 11 is 5.08. The van der Waals surface area contributed by atoms with E-state index in [0.717, 1.165) is 19.3 Å². The summed E-state index contributed by atoms with van der Waals surface area (Å²) in [4.78, 5) is 25.3. The summed E-state index contributed by atoms with van der Waals surface area (Å²) < 4.78 is 4.55. The van der Waals surface area contributed by atoms with Crippen molar-refractivity contribution in [3.8, 4) is 0 Å². The van der Waals surface area contributed by atoms with Crippen LogP contribution in [0.15, 0.2) is 0 Å². The highest BCUT2D eigenvalue weighted by molar-refractivity contribution is 7.80. The lowest BCUT2D eigenvalue weighted by Gasteiger charge is -2.37. The van der Waals surface area contributed by atoms with E-state index in [9.17, 15) is 9.59 Å². The van der Waals surface area contributed by atoms with E-state index >= 15 is 0 Å². The van der Waals surface area contributed by atoms with Crippen LogP contribution < -0.4 is 5.73 Å². The molecule has 1 aliphatic rings. The first-order chi connectivity index (χ1) is 8.44. The zero-order chi connectivity index (χ0) is 13.8. The molecule has 0 aromatic carbocycles. The second kappa shape index (κ2) is 6.13. The second-order valence-electron chi connectivity index (χ2n) is 4.74. The van der Waals surface area contributed by atoms with E-state index in [1.807, 2.05) is 0 Å². The van der Waals surface area contributed by atoms with Crippen LogP contribution in [0, 0.1) is 5.41 Å². The monoisotopic (exact) mass is 272 g/mol. The van der Waals surface area contributed by atoms with Gasteiger partial charge in [-0.25, -0.2) is 0 Å². The third-order valence-corrected chi connectivity index (χ3v) is 3.92. The lowest BCUT2D eigenvalue weighted by atomic mass is 9.73. The minimum absolute atomic E-state index is 0.0697. The number of likely N-dealkylation sites (N-methyl/N-ethyl adjacent to an activating group) is 1. The van der Waals surface area contributed by atoms with Gasteiger partial charge < -0.3 is 15.4 Å². The maximum Gasteiger partial charge on any atom is 0.325 e. The predicted molar refractivity (Wildman–Crippen MR) is 72.0 cm³/mol. The Morgan fingerprint density at radius 2 is 1.89 bits per heavy atom. The molecule has 0 spiro atoms. The minimum atomic E-state index is -0.768. The number of nitrogens with zero attached hydrogens (tertiary/aromatic N) is 1. The van der Waals surface area contributed by atoms with Gasteiger partial charge in [0.1, 0.15) is 6.54 Å². The van der Waals surface area contributed by atoms with Crippen LogP contribution in [0.2, 0.25) is 0 Å². The van der Waals surface area contributed by atoms with Crippen LogP contribution in [0.1, 0.15) is 32.1 Å². The Bertz CT molecular complexity index is 351. The van der Waals surface area contributed by atoms with Gasteiger partial charge in [-0.15, -0.1) is 0 Å². The Balaban J connectivity index is 2.82. The number of nitrogens with two attached hydrogens (primary N) is 1. The van der Waals surface area contributed by atoms with Crippen LogP contribution in [-0.2, 0) is 14.3 Å². The molecule has 2 N–H and O–H groups in total. The SMILES string of the molecule is COC(=O)CN(C)C(=O)C1(C(N)=S)CCCCC1. The first-order valence-corrected chi connectivity index (χ1v) is 6.47. The van der Waals surface area contributed by atoms with Crippen molar-refractivity contribution >= 4 is 29.1 Å². The van der Waals surface area contributed by atoms with Crippen molar-refractivity contribution in [2.45, 2.75) is 32.1 Å². The topological polar surface area (TPSA) is 72.6 Å². The first-order valence-electron chi connectivity index (χ1n) is 6.06.